The SMILES string of the molecule is COCCN(Cc1ccccn1)C(=O)C1CCC(=O)N(CC2CCCCC2)C1. The number of carbonyl (C=O) groups is 2. The highest BCUT2D eigenvalue weighted by Crippen LogP contribution is 2.27. The summed E-state index contributed by atoms with van der Waals surface area (Å²) in [5, 5.41) is 0. The van der Waals surface area contributed by atoms with Crippen LogP contribution in [0.5, 0.6) is 0 Å². The summed E-state index contributed by atoms with van der Waals surface area (Å²) >= 11 is 0. The van der Waals surface area contributed by atoms with E-state index in [0.717, 1.165) is 12.2 Å². The predicted molar refractivity (Wildman–Crippen MR) is 107 cm³/mol. The summed E-state index contributed by atoms with van der Waals surface area (Å²) in [6.07, 6.45) is 9.14. The molecule has 1 atom stereocenters. The van der Waals surface area contributed by atoms with E-state index in [9.17, 15) is 9.59 Å². The van der Waals surface area contributed by atoms with Crippen molar-refractivity contribution in [3.05, 3.63) is 30.1 Å². The summed E-state index contributed by atoms with van der Waals surface area (Å²) in [4.78, 5) is 33.9. The van der Waals surface area contributed by atoms with Gasteiger partial charge >= 0.3 is 0 Å². The first-order valence-corrected chi connectivity index (χ1v) is 10.6. The van der Waals surface area contributed by atoms with E-state index in [-0.39, 0.29) is 17.7 Å². The van der Waals surface area contributed by atoms with Crippen molar-refractivity contribution in [3.8, 4) is 0 Å². The Morgan fingerprint density at radius 3 is 2.79 bits per heavy atom. The molecule has 2 aliphatic rings. The highest BCUT2D eigenvalue weighted by atomic mass is 16.5. The summed E-state index contributed by atoms with van der Waals surface area (Å²) in [6, 6.07) is 5.75. The molecule has 6 heteroatoms. The average molecular weight is 388 g/mol. The van der Waals surface area contributed by atoms with Crippen LogP contribution in [0.3, 0.4) is 0 Å². The number of hydrogen-bond acceptors (Lipinski definition) is 4. The third kappa shape index (κ3) is 5.77. The van der Waals surface area contributed by atoms with Crippen molar-refractivity contribution in [2.45, 2.75) is 51.5 Å². The fourth-order valence-corrected chi connectivity index (χ4v) is 4.39. The van der Waals surface area contributed by atoms with Crippen LogP contribution in [0.2, 0.25) is 0 Å². The summed E-state index contributed by atoms with van der Waals surface area (Å²) in [5.41, 5.74) is 0.873. The van der Waals surface area contributed by atoms with Gasteiger partial charge in [-0.05, 0) is 37.3 Å². The molecule has 0 aromatic carbocycles. The molecule has 154 valence electrons. The Balaban J connectivity index is 1.62. The van der Waals surface area contributed by atoms with Crippen LogP contribution in [0.15, 0.2) is 24.4 Å². The van der Waals surface area contributed by atoms with Gasteiger partial charge < -0.3 is 14.5 Å². The molecule has 1 aliphatic heterocycles. The number of likely N-dealkylation sites (tertiary alicyclic amines) is 1. The fourth-order valence-electron chi connectivity index (χ4n) is 4.39. The molecule has 1 aromatic heterocycles. The minimum atomic E-state index is -0.123. The van der Waals surface area contributed by atoms with Crippen molar-refractivity contribution in [1.82, 2.24) is 14.8 Å². The highest BCUT2D eigenvalue weighted by molar-refractivity contribution is 5.84. The molecule has 28 heavy (non-hydrogen) atoms. The molecule has 1 saturated carbocycles. The molecule has 6 nitrogen and oxygen atoms in total. The molecule has 1 unspecified atom stereocenters. The van der Waals surface area contributed by atoms with Gasteiger partial charge in [0.05, 0.1) is 24.8 Å². The maximum Gasteiger partial charge on any atom is 0.227 e. The Morgan fingerprint density at radius 2 is 2.07 bits per heavy atom. The van der Waals surface area contributed by atoms with Gasteiger partial charge in [-0.3, -0.25) is 14.6 Å². The van der Waals surface area contributed by atoms with Crippen molar-refractivity contribution in [1.29, 1.82) is 0 Å². The van der Waals surface area contributed by atoms with E-state index in [4.69, 9.17) is 4.74 Å². The van der Waals surface area contributed by atoms with Gasteiger partial charge in [0, 0.05) is 39.4 Å². The van der Waals surface area contributed by atoms with Crippen molar-refractivity contribution in [2.24, 2.45) is 11.8 Å². The Kier molecular flexibility index (Phi) is 7.83. The molecular weight excluding hydrogens is 354 g/mol. The second kappa shape index (κ2) is 10.6. The number of nitrogens with zero attached hydrogens (tertiary/aromatic N) is 3. The van der Waals surface area contributed by atoms with Crippen LogP contribution in [-0.4, -0.2) is 59.9 Å². The zero-order valence-electron chi connectivity index (χ0n) is 17.0. The molecule has 2 amide bonds. The maximum atomic E-state index is 13.3. The highest BCUT2D eigenvalue weighted by Gasteiger charge is 2.34. The van der Waals surface area contributed by atoms with Crippen LogP contribution < -0.4 is 0 Å². The van der Waals surface area contributed by atoms with Gasteiger partial charge in [-0.25, -0.2) is 0 Å². The van der Waals surface area contributed by atoms with Crippen molar-refractivity contribution >= 4 is 11.8 Å². The summed E-state index contributed by atoms with van der Waals surface area (Å²) in [5.74, 6) is 0.804. The van der Waals surface area contributed by atoms with Crippen molar-refractivity contribution < 1.29 is 14.3 Å². The smallest absolute Gasteiger partial charge is 0.227 e. The lowest BCUT2D eigenvalue weighted by molar-refractivity contribution is -0.144. The Hall–Kier alpha value is -1.95. The second-order valence-corrected chi connectivity index (χ2v) is 8.11. The quantitative estimate of drug-likeness (QED) is 0.688. The standard InChI is InChI=1S/C22H33N3O3/c1-28-14-13-24(17-20-9-5-6-12-23-20)22(27)19-10-11-21(26)25(16-19)15-18-7-3-2-4-8-18/h5-6,9,12,18-19H,2-4,7-8,10-11,13-17H2,1H3. The number of rotatable bonds is 8. The first-order valence-electron chi connectivity index (χ1n) is 10.6. The molecule has 1 saturated heterocycles. The number of hydrogen-bond donors (Lipinski definition) is 0. The van der Waals surface area contributed by atoms with Crippen LogP contribution in [0.4, 0.5) is 0 Å². The number of amides is 2. The monoisotopic (exact) mass is 387 g/mol. The number of aromatic nitrogens is 1. The van der Waals surface area contributed by atoms with Crippen LogP contribution >= 0.6 is 0 Å². The molecule has 2 heterocycles. The molecular formula is C22H33N3O3. The van der Waals surface area contributed by atoms with Gasteiger partial charge in [0.15, 0.2) is 0 Å². The zero-order valence-corrected chi connectivity index (χ0v) is 17.0. The molecule has 1 aliphatic carbocycles. The van der Waals surface area contributed by atoms with Gasteiger partial charge in [-0.15, -0.1) is 0 Å². The molecule has 0 bridgehead atoms. The number of methoxy groups -OCH3 is 1. The van der Waals surface area contributed by atoms with Gasteiger partial charge in [0.2, 0.25) is 11.8 Å². The Morgan fingerprint density at radius 1 is 1.25 bits per heavy atom. The second-order valence-electron chi connectivity index (χ2n) is 8.11. The maximum absolute atomic E-state index is 13.3. The van der Waals surface area contributed by atoms with E-state index in [1.54, 1.807) is 13.3 Å². The predicted octanol–water partition coefficient (Wildman–Crippen LogP) is 2.88. The lowest BCUT2D eigenvalue weighted by Crippen LogP contribution is -2.48. The molecule has 3 rings (SSSR count). The summed E-state index contributed by atoms with van der Waals surface area (Å²) < 4.78 is 5.21. The molecule has 2 fully saturated rings. The largest absolute Gasteiger partial charge is 0.383 e. The summed E-state index contributed by atoms with van der Waals surface area (Å²) in [7, 11) is 1.65. The Bertz CT molecular complexity index is 631. The van der Waals surface area contributed by atoms with Crippen LogP contribution in [-0.2, 0) is 20.9 Å². The zero-order chi connectivity index (χ0) is 19.8. The van der Waals surface area contributed by atoms with E-state index >= 15 is 0 Å². The van der Waals surface area contributed by atoms with Crippen LogP contribution in [0.1, 0.15) is 50.6 Å². The fraction of sp³-hybridized carbons (Fsp3) is 0.682. The van der Waals surface area contributed by atoms with Gasteiger partial charge in [-0.1, -0.05) is 25.3 Å². The van der Waals surface area contributed by atoms with E-state index in [2.05, 4.69) is 4.98 Å². The lowest BCUT2D eigenvalue weighted by Gasteiger charge is -2.37. The number of piperidine rings is 1. The van der Waals surface area contributed by atoms with E-state index in [1.165, 1.54) is 32.1 Å². The van der Waals surface area contributed by atoms with Crippen LogP contribution in [0, 0.1) is 11.8 Å². The Labute approximate surface area is 168 Å². The molecule has 0 N–H and O–H groups in total. The van der Waals surface area contributed by atoms with Gasteiger partial charge in [0.1, 0.15) is 0 Å². The topological polar surface area (TPSA) is 62.7 Å². The molecule has 1 aromatic rings. The minimum absolute atomic E-state index is 0.115. The third-order valence-corrected chi connectivity index (χ3v) is 6.01. The third-order valence-electron chi connectivity index (χ3n) is 6.01. The molecule has 0 radical (unpaired) electrons. The van der Waals surface area contributed by atoms with Crippen molar-refractivity contribution in [3.63, 3.8) is 0 Å². The van der Waals surface area contributed by atoms with Crippen LogP contribution in [0.25, 0.3) is 0 Å². The molecule has 0 spiro atoms. The van der Waals surface area contributed by atoms with E-state index < -0.39 is 0 Å². The minimum Gasteiger partial charge on any atom is -0.383 e. The number of ether oxygens (including phenoxy) is 1. The van der Waals surface area contributed by atoms with Gasteiger partial charge in [-0.2, -0.15) is 0 Å². The lowest BCUT2D eigenvalue weighted by atomic mass is 9.87. The number of pyridine rings is 1. The van der Waals surface area contributed by atoms with Crippen molar-refractivity contribution in [2.75, 3.05) is 33.4 Å². The average Bonchev–Trinajstić information content (AvgIpc) is 2.73. The first-order chi connectivity index (χ1) is 13.7. The first kappa shape index (κ1) is 20.8. The van der Waals surface area contributed by atoms with Gasteiger partial charge in [0.25, 0.3) is 0 Å². The van der Waals surface area contributed by atoms with E-state index in [1.807, 2.05) is 28.0 Å². The normalized spacial score (nSPS) is 21.0. The van der Waals surface area contributed by atoms with E-state index in [0.29, 0.717) is 45.0 Å². The summed E-state index contributed by atoms with van der Waals surface area (Å²) in [6.45, 7) is 2.89. The number of carbonyl (C=O) groups excluding carboxylic acids is 2.